The standard InChI is InChI=1S/C11H13NO7/c1-3-18-11(19-7(2)13)5-9-8(16-6-17-9)4-10(11)12(14)15/h4H,3,5-6H2,1-2H3. The summed E-state index contributed by atoms with van der Waals surface area (Å²) in [7, 11) is 0. The molecule has 0 aromatic carbocycles. The van der Waals surface area contributed by atoms with Crippen molar-refractivity contribution in [1.29, 1.82) is 0 Å². The van der Waals surface area contributed by atoms with E-state index >= 15 is 0 Å². The first-order chi connectivity index (χ1) is 8.98. The van der Waals surface area contributed by atoms with Crippen LogP contribution < -0.4 is 0 Å². The Morgan fingerprint density at radius 1 is 1.58 bits per heavy atom. The number of rotatable bonds is 4. The predicted octanol–water partition coefficient (Wildman–Crippen LogP) is 1.06. The molecule has 2 rings (SSSR count). The van der Waals surface area contributed by atoms with Crippen molar-refractivity contribution in [3.63, 3.8) is 0 Å². The van der Waals surface area contributed by atoms with Crippen molar-refractivity contribution in [2.45, 2.75) is 26.1 Å². The van der Waals surface area contributed by atoms with Crippen LogP contribution in [0.4, 0.5) is 0 Å². The number of hydrogen-bond acceptors (Lipinski definition) is 7. The molecule has 0 radical (unpaired) electrons. The van der Waals surface area contributed by atoms with Crippen molar-refractivity contribution in [2.75, 3.05) is 13.4 Å². The summed E-state index contributed by atoms with van der Waals surface area (Å²) >= 11 is 0. The van der Waals surface area contributed by atoms with Gasteiger partial charge in [0, 0.05) is 13.5 Å². The molecule has 1 aliphatic carbocycles. The SMILES string of the molecule is CCOC1(OC(C)=O)CC2=C(C=C1[N+](=O)[O-])OCO2. The molecular weight excluding hydrogens is 258 g/mol. The number of allylic oxidation sites excluding steroid dienone is 1. The van der Waals surface area contributed by atoms with Gasteiger partial charge in [0.05, 0.1) is 17.4 Å². The fourth-order valence-electron chi connectivity index (χ4n) is 2.01. The van der Waals surface area contributed by atoms with E-state index in [1.165, 1.54) is 6.08 Å². The van der Waals surface area contributed by atoms with Crippen LogP contribution in [0.1, 0.15) is 20.3 Å². The zero-order chi connectivity index (χ0) is 14.0. The molecule has 1 atom stereocenters. The average Bonchev–Trinajstić information content (AvgIpc) is 2.73. The first-order valence-electron chi connectivity index (χ1n) is 5.67. The third-order valence-electron chi connectivity index (χ3n) is 2.66. The van der Waals surface area contributed by atoms with Crippen LogP contribution in [0.5, 0.6) is 0 Å². The summed E-state index contributed by atoms with van der Waals surface area (Å²) in [5, 5.41) is 11.2. The van der Waals surface area contributed by atoms with Gasteiger partial charge in [0.1, 0.15) is 5.76 Å². The van der Waals surface area contributed by atoms with Crippen LogP contribution in [0.3, 0.4) is 0 Å². The maximum absolute atomic E-state index is 11.2. The quantitative estimate of drug-likeness (QED) is 0.326. The average molecular weight is 271 g/mol. The van der Waals surface area contributed by atoms with Crippen molar-refractivity contribution in [1.82, 2.24) is 0 Å². The smallest absolute Gasteiger partial charge is 0.322 e. The maximum atomic E-state index is 11.2. The molecule has 0 fully saturated rings. The minimum Gasteiger partial charge on any atom is -0.458 e. The van der Waals surface area contributed by atoms with Gasteiger partial charge < -0.3 is 18.9 Å². The third kappa shape index (κ3) is 2.39. The lowest BCUT2D eigenvalue weighted by molar-refractivity contribution is -0.463. The Morgan fingerprint density at radius 2 is 2.32 bits per heavy atom. The van der Waals surface area contributed by atoms with Crippen molar-refractivity contribution in [3.05, 3.63) is 33.4 Å². The number of ether oxygens (including phenoxy) is 4. The molecule has 8 heteroatoms. The van der Waals surface area contributed by atoms with E-state index in [2.05, 4.69) is 0 Å². The van der Waals surface area contributed by atoms with Gasteiger partial charge in [-0.3, -0.25) is 14.9 Å². The summed E-state index contributed by atoms with van der Waals surface area (Å²) in [4.78, 5) is 21.7. The van der Waals surface area contributed by atoms with Crippen LogP contribution >= 0.6 is 0 Å². The molecule has 0 aromatic rings. The first kappa shape index (κ1) is 13.3. The first-order valence-corrected chi connectivity index (χ1v) is 5.67. The lowest BCUT2D eigenvalue weighted by atomic mass is 10.0. The molecule has 104 valence electrons. The van der Waals surface area contributed by atoms with Gasteiger partial charge in [-0.1, -0.05) is 0 Å². The summed E-state index contributed by atoms with van der Waals surface area (Å²) in [6, 6.07) is 0. The Balaban J connectivity index is 2.43. The number of carbonyl (C=O) groups is 1. The summed E-state index contributed by atoms with van der Waals surface area (Å²) in [5.41, 5.74) is -0.381. The molecule has 0 saturated heterocycles. The van der Waals surface area contributed by atoms with Crippen molar-refractivity contribution >= 4 is 5.97 Å². The maximum Gasteiger partial charge on any atom is 0.322 e. The molecule has 0 bridgehead atoms. The van der Waals surface area contributed by atoms with Gasteiger partial charge in [-0.25, -0.2) is 0 Å². The zero-order valence-corrected chi connectivity index (χ0v) is 10.5. The van der Waals surface area contributed by atoms with Crippen LogP contribution in [-0.2, 0) is 23.7 Å². The van der Waals surface area contributed by atoms with E-state index in [9.17, 15) is 14.9 Å². The molecule has 0 N–H and O–H groups in total. The van der Waals surface area contributed by atoms with Gasteiger partial charge in [0.15, 0.2) is 5.76 Å². The third-order valence-corrected chi connectivity index (χ3v) is 2.66. The van der Waals surface area contributed by atoms with Crippen molar-refractivity contribution < 1.29 is 28.7 Å². The van der Waals surface area contributed by atoms with Crippen LogP contribution in [0.2, 0.25) is 0 Å². The van der Waals surface area contributed by atoms with E-state index in [-0.39, 0.29) is 31.3 Å². The highest BCUT2D eigenvalue weighted by molar-refractivity contribution is 5.67. The molecule has 0 aromatic heterocycles. The largest absolute Gasteiger partial charge is 0.458 e. The second-order valence-electron chi connectivity index (χ2n) is 3.94. The highest BCUT2D eigenvalue weighted by atomic mass is 16.7. The molecular formula is C11H13NO7. The van der Waals surface area contributed by atoms with E-state index in [4.69, 9.17) is 18.9 Å². The van der Waals surface area contributed by atoms with Gasteiger partial charge in [-0.2, -0.15) is 0 Å². The van der Waals surface area contributed by atoms with Gasteiger partial charge in [-0.15, -0.1) is 0 Å². The molecule has 1 aliphatic heterocycles. The second kappa shape index (κ2) is 4.88. The Bertz CT molecular complexity index is 481. The van der Waals surface area contributed by atoms with Crippen LogP contribution in [0.25, 0.3) is 0 Å². The highest BCUT2D eigenvalue weighted by Gasteiger charge is 2.53. The molecule has 1 heterocycles. The Kier molecular flexibility index (Phi) is 3.43. The Labute approximate surface area is 108 Å². The van der Waals surface area contributed by atoms with Gasteiger partial charge in [0.25, 0.3) is 0 Å². The molecule has 0 spiro atoms. The zero-order valence-electron chi connectivity index (χ0n) is 10.5. The summed E-state index contributed by atoms with van der Waals surface area (Å²) in [5.74, 6) is -1.80. The number of esters is 1. The van der Waals surface area contributed by atoms with Gasteiger partial charge in [-0.05, 0) is 6.92 Å². The van der Waals surface area contributed by atoms with Crippen molar-refractivity contribution in [2.24, 2.45) is 0 Å². The van der Waals surface area contributed by atoms with E-state index < -0.39 is 16.7 Å². The Hall–Kier alpha value is -2.09. The Morgan fingerprint density at radius 3 is 2.89 bits per heavy atom. The van der Waals surface area contributed by atoms with Crippen LogP contribution in [0.15, 0.2) is 23.3 Å². The number of hydrogen-bond donors (Lipinski definition) is 0. The van der Waals surface area contributed by atoms with E-state index in [0.717, 1.165) is 6.92 Å². The molecule has 1 unspecified atom stereocenters. The molecule has 0 saturated carbocycles. The lowest BCUT2D eigenvalue weighted by Crippen LogP contribution is -2.44. The van der Waals surface area contributed by atoms with Gasteiger partial charge in [0.2, 0.25) is 6.79 Å². The number of carbonyl (C=O) groups excluding carboxylic acids is 1. The molecule has 2 aliphatic rings. The normalized spacial score (nSPS) is 25.1. The summed E-state index contributed by atoms with van der Waals surface area (Å²) < 4.78 is 20.7. The number of nitro groups is 1. The minimum atomic E-state index is -1.77. The summed E-state index contributed by atoms with van der Waals surface area (Å²) in [6.07, 6.45) is 1.09. The highest BCUT2D eigenvalue weighted by Crippen LogP contribution is 2.40. The van der Waals surface area contributed by atoms with Crippen molar-refractivity contribution in [3.8, 4) is 0 Å². The molecule has 8 nitrogen and oxygen atoms in total. The lowest BCUT2D eigenvalue weighted by Gasteiger charge is -2.31. The van der Waals surface area contributed by atoms with E-state index in [0.29, 0.717) is 5.76 Å². The topological polar surface area (TPSA) is 97.1 Å². The molecule has 0 amide bonds. The second-order valence-corrected chi connectivity index (χ2v) is 3.94. The van der Waals surface area contributed by atoms with Crippen LogP contribution in [-0.4, -0.2) is 30.1 Å². The summed E-state index contributed by atoms with van der Waals surface area (Å²) in [6.45, 7) is 2.93. The predicted molar refractivity (Wildman–Crippen MR) is 59.9 cm³/mol. The molecule has 19 heavy (non-hydrogen) atoms. The minimum absolute atomic E-state index is 0.0194. The fraction of sp³-hybridized carbons (Fsp3) is 0.545. The van der Waals surface area contributed by atoms with Crippen LogP contribution in [0, 0.1) is 10.1 Å². The van der Waals surface area contributed by atoms with E-state index in [1.54, 1.807) is 6.92 Å². The van der Waals surface area contributed by atoms with E-state index in [1.807, 2.05) is 0 Å². The fourth-order valence-corrected chi connectivity index (χ4v) is 2.01. The number of nitrogens with zero attached hydrogens (tertiary/aromatic N) is 1. The monoisotopic (exact) mass is 271 g/mol. The van der Waals surface area contributed by atoms with Gasteiger partial charge >= 0.3 is 17.5 Å².